The van der Waals surface area contributed by atoms with Gasteiger partial charge in [-0.05, 0) is 40.5 Å². The van der Waals surface area contributed by atoms with Gasteiger partial charge < -0.3 is 15.1 Å². The SMILES string of the molecule is Cc1cc(Br)cnc1NCCC(=O)N1CCN(c2ncccn2)CC1. The number of aryl methyl sites for hydroxylation is 1. The van der Waals surface area contributed by atoms with Gasteiger partial charge in [0.1, 0.15) is 5.82 Å². The number of nitrogens with zero attached hydrogens (tertiary/aromatic N) is 5. The maximum absolute atomic E-state index is 12.4. The number of carbonyl (C=O) groups excluding carboxylic acids is 1. The number of hydrogen-bond acceptors (Lipinski definition) is 6. The van der Waals surface area contributed by atoms with Crippen LogP contribution in [0.25, 0.3) is 0 Å². The summed E-state index contributed by atoms with van der Waals surface area (Å²) in [4.78, 5) is 29.2. The summed E-state index contributed by atoms with van der Waals surface area (Å²) in [6.45, 7) is 5.50. The molecule has 132 valence electrons. The summed E-state index contributed by atoms with van der Waals surface area (Å²) in [5.41, 5.74) is 1.05. The maximum Gasteiger partial charge on any atom is 0.225 e. The second-order valence-corrected chi connectivity index (χ2v) is 6.83. The number of nitrogens with one attached hydrogen (secondary N) is 1. The number of hydrogen-bond donors (Lipinski definition) is 1. The number of amides is 1. The van der Waals surface area contributed by atoms with Crippen LogP contribution in [-0.2, 0) is 4.79 Å². The van der Waals surface area contributed by atoms with E-state index >= 15 is 0 Å². The number of piperazine rings is 1. The molecule has 2 aromatic heterocycles. The van der Waals surface area contributed by atoms with Gasteiger partial charge in [0, 0.05) is 62.2 Å². The Kier molecular flexibility index (Phi) is 5.80. The fraction of sp³-hybridized carbons (Fsp3) is 0.412. The molecule has 0 unspecified atom stereocenters. The number of anilines is 2. The monoisotopic (exact) mass is 404 g/mol. The highest BCUT2D eigenvalue weighted by atomic mass is 79.9. The number of rotatable bonds is 5. The molecule has 25 heavy (non-hydrogen) atoms. The molecule has 0 aliphatic carbocycles. The van der Waals surface area contributed by atoms with Gasteiger partial charge in [-0.25, -0.2) is 15.0 Å². The molecule has 1 aliphatic rings. The van der Waals surface area contributed by atoms with E-state index in [4.69, 9.17) is 0 Å². The molecular weight excluding hydrogens is 384 g/mol. The zero-order valence-corrected chi connectivity index (χ0v) is 15.7. The zero-order valence-electron chi connectivity index (χ0n) is 14.2. The lowest BCUT2D eigenvalue weighted by molar-refractivity contribution is -0.131. The van der Waals surface area contributed by atoms with Crippen molar-refractivity contribution in [3.05, 3.63) is 40.8 Å². The average Bonchev–Trinajstić information content (AvgIpc) is 2.64. The summed E-state index contributed by atoms with van der Waals surface area (Å²) < 4.78 is 0.951. The first-order valence-corrected chi connectivity index (χ1v) is 9.08. The van der Waals surface area contributed by atoms with Gasteiger partial charge in [-0.3, -0.25) is 4.79 Å². The minimum atomic E-state index is 0.163. The fourth-order valence-corrected chi connectivity index (χ4v) is 3.23. The first-order valence-electron chi connectivity index (χ1n) is 8.29. The fourth-order valence-electron chi connectivity index (χ4n) is 2.78. The van der Waals surface area contributed by atoms with E-state index in [9.17, 15) is 4.79 Å². The summed E-state index contributed by atoms with van der Waals surface area (Å²) in [7, 11) is 0. The highest BCUT2D eigenvalue weighted by Crippen LogP contribution is 2.17. The molecule has 1 N–H and O–H groups in total. The molecule has 2 aromatic rings. The van der Waals surface area contributed by atoms with Gasteiger partial charge in [-0.15, -0.1) is 0 Å². The maximum atomic E-state index is 12.4. The third-order valence-corrected chi connectivity index (χ3v) is 4.58. The molecule has 0 saturated carbocycles. The van der Waals surface area contributed by atoms with E-state index in [0.29, 0.717) is 26.1 Å². The van der Waals surface area contributed by atoms with Crippen molar-refractivity contribution in [2.24, 2.45) is 0 Å². The van der Waals surface area contributed by atoms with E-state index in [0.717, 1.165) is 34.9 Å². The van der Waals surface area contributed by atoms with Gasteiger partial charge in [0.2, 0.25) is 11.9 Å². The van der Waals surface area contributed by atoms with E-state index in [2.05, 4.69) is 41.1 Å². The highest BCUT2D eigenvalue weighted by Gasteiger charge is 2.22. The van der Waals surface area contributed by atoms with E-state index < -0.39 is 0 Å². The number of pyridine rings is 1. The molecule has 8 heteroatoms. The summed E-state index contributed by atoms with van der Waals surface area (Å²) in [6, 6.07) is 3.81. The number of halogens is 1. The van der Waals surface area contributed by atoms with Crippen LogP contribution in [0.5, 0.6) is 0 Å². The minimum Gasteiger partial charge on any atom is -0.369 e. The van der Waals surface area contributed by atoms with Crippen molar-refractivity contribution >= 4 is 33.6 Å². The third-order valence-electron chi connectivity index (χ3n) is 4.14. The van der Waals surface area contributed by atoms with Crippen LogP contribution >= 0.6 is 15.9 Å². The van der Waals surface area contributed by atoms with Crippen LogP contribution in [0, 0.1) is 6.92 Å². The van der Waals surface area contributed by atoms with E-state index in [1.165, 1.54) is 0 Å². The van der Waals surface area contributed by atoms with Gasteiger partial charge in [0.25, 0.3) is 0 Å². The molecule has 1 saturated heterocycles. The molecule has 0 spiro atoms. The Hall–Kier alpha value is -2.22. The Balaban J connectivity index is 1.43. The second-order valence-electron chi connectivity index (χ2n) is 5.91. The molecule has 3 heterocycles. The van der Waals surface area contributed by atoms with Gasteiger partial charge in [0.15, 0.2) is 0 Å². The van der Waals surface area contributed by atoms with Gasteiger partial charge in [0.05, 0.1) is 0 Å². The second kappa shape index (κ2) is 8.24. The largest absolute Gasteiger partial charge is 0.369 e. The molecule has 3 rings (SSSR count). The van der Waals surface area contributed by atoms with E-state index in [1.54, 1.807) is 24.7 Å². The van der Waals surface area contributed by atoms with Crippen molar-refractivity contribution in [2.75, 3.05) is 42.9 Å². The van der Waals surface area contributed by atoms with E-state index in [1.807, 2.05) is 17.9 Å². The van der Waals surface area contributed by atoms with Crippen LogP contribution in [0.1, 0.15) is 12.0 Å². The molecule has 0 bridgehead atoms. The predicted octanol–water partition coefficient (Wildman–Crippen LogP) is 2.09. The topological polar surface area (TPSA) is 74.2 Å². The van der Waals surface area contributed by atoms with Gasteiger partial charge in [-0.1, -0.05) is 0 Å². The van der Waals surface area contributed by atoms with Crippen LogP contribution < -0.4 is 10.2 Å². The zero-order chi connectivity index (χ0) is 17.6. The quantitative estimate of drug-likeness (QED) is 0.822. The first kappa shape index (κ1) is 17.6. The van der Waals surface area contributed by atoms with Crippen molar-refractivity contribution in [2.45, 2.75) is 13.3 Å². The summed E-state index contributed by atoms with van der Waals surface area (Å²) >= 11 is 3.40. The third kappa shape index (κ3) is 4.66. The molecule has 0 radical (unpaired) electrons. The van der Waals surface area contributed by atoms with Crippen LogP contribution in [-0.4, -0.2) is 58.5 Å². The summed E-state index contributed by atoms with van der Waals surface area (Å²) in [6.07, 6.45) is 5.69. The minimum absolute atomic E-state index is 0.163. The van der Waals surface area contributed by atoms with E-state index in [-0.39, 0.29) is 5.91 Å². The van der Waals surface area contributed by atoms with Crippen LogP contribution in [0.4, 0.5) is 11.8 Å². The Morgan fingerprint density at radius 3 is 2.60 bits per heavy atom. The lowest BCUT2D eigenvalue weighted by atomic mass is 10.2. The Morgan fingerprint density at radius 1 is 1.20 bits per heavy atom. The highest BCUT2D eigenvalue weighted by molar-refractivity contribution is 9.10. The van der Waals surface area contributed by atoms with Gasteiger partial charge in [-0.2, -0.15) is 0 Å². The number of aromatic nitrogens is 3. The van der Waals surface area contributed by atoms with Crippen molar-refractivity contribution < 1.29 is 4.79 Å². The van der Waals surface area contributed by atoms with Crippen LogP contribution in [0.3, 0.4) is 0 Å². The summed E-state index contributed by atoms with van der Waals surface area (Å²) in [5.74, 6) is 1.71. The molecular formula is C17H21BrN6O. The summed E-state index contributed by atoms with van der Waals surface area (Å²) in [5, 5.41) is 3.23. The molecule has 1 fully saturated rings. The van der Waals surface area contributed by atoms with Gasteiger partial charge >= 0.3 is 0 Å². The standard InChI is InChI=1S/C17H21BrN6O/c1-13-11-14(18)12-22-16(13)19-6-3-15(25)23-7-9-24(10-8-23)17-20-4-2-5-21-17/h2,4-5,11-12H,3,6-10H2,1H3,(H,19,22). The Labute approximate surface area is 155 Å². The smallest absolute Gasteiger partial charge is 0.225 e. The van der Waals surface area contributed by atoms with Crippen molar-refractivity contribution in [1.29, 1.82) is 0 Å². The van der Waals surface area contributed by atoms with Crippen molar-refractivity contribution in [3.8, 4) is 0 Å². The van der Waals surface area contributed by atoms with Crippen molar-refractivity contribution in [3.63, 3.8) is 0 Å². The first-order chi connectivity index (χ1) is 12.1. The van der Waals surface area contributed by atoms with Crippen LogP contribution in [0.15, 0.2) is 35.2 Å². The van der Waals surface area contributed by atoms with Crippen molar-refractivity contribution in [1.82, 2.24) is 19.9 Å². The predicted molar refractivity (Wildman–Crippen MR) is 101 cm³/mol. The Bertz CT molecular complexity index is 718. The molecule has 7 nitrogen and oxygen atoms in total. The molecule has 1 amide bonds. The lowest BCUT2D eigenvalue weighted by Crippen LogP contribution is -2.49. The molecule has 0 atom stereocenters. The Morgan fingerprint density at radius 2 is 1.92 bits per heavy atom. The average molecular weight is 405 g/mol. The normalized spacial score (nSPS) is 14.5. The molecule has 0 aromatic carbocycles. The van der Waals surface area contributed by atoms with Crippen LogP contribution in [0.2, 0.25) is 0 Å². The lowest BCUT2D eigenvalue weighted by Gasteiger charge is -2.34. The molecule has 1 aliphatic heterocycles. The number of carbonyl (C=O) groups is 1.